The molecule has 1 spiro atoms. The number of carbonyl (C=O) groups is 2. The predicted molar refractivity (Wildman–Crippen MR) is 154 cm³/mol. The first-order valence-corrected chi connectivity index (χ1v) is 15.7. The number of fused-ring (bicyclic) bond motifs is 2. The Morgan fingerprint density at radius 2 is 1.66 bits per heavy atom. The molecule has 1 aliphatic heterocycles. The molecule has 6 nitrogen and oxygen atoms in total. The molecular formula is C31H45BrN4O2. The third-order valence-corrected chi connectivity index (χ3v) is 11.6. The predicted octanol–water partition coefficient (Wildman–Crippen LogP) is 5.21. The highest BCUT2D eigenvalue weighted by atomic mass is 79.9. The summed E-state index contributed by atoms with van der Waals surface area (Å²) in [6, 6.07) is 7.06. The van der Waals surface area contributed by atoms with Crippen LogP contribution in [0.1, 0.15) is 74.8 Å². The minimum atomic E-state index is 0.0436. The molecule has 1 atom stereocenters. The fourth-order valence-electron chi connectivity index (χ4n) is 9.13. The van der Waals surface area contributed by atoms with Gasteiger partial charge in [0, 0.05) is 55.6 Å². The van der Waals surface area contributed by atoms with E-state index in [2.05, 4.69) is 49.2 Å². The van der Waals surface area contributed by atoms with Gasteiger partial charge in [-0.25, -0.2) is 4.79 Å². The summed E-state index contributed by atoms with van der Waals surface area (Å²) >= 11 is 3.87. The van der Waals surface area contributed by atoms with Gasteiger partial charge in [0.1, 0.15) is 0 Å². The smallest absolute Gasteiger partial charge is 0.317 e. The van der Waals surface area contributed by atoms with Crippen molar-refractivity contribution in [2.24, 2.45) is 23.7 Å². The average molecular weight is 586 g/mol. The van der Waals surface area contributed by atoms with Gasteiger partial charge in [0.05, 0.1) is 0 Å². The summed E-state index contributed by atoms with van der Waals surface area (Å²) in [5.41, 5.74) is 2.78. The summed E-state index contributed by atoms with van der Waals surface area (Å²) < 4.78 is 1.16. The number of halogens is 1. The quantitative estimate of drug-likeness (QED) is 0.499. The number of amides is 3. The second-order valence-corrected chi connectivity index (χ2v) is 14.5. The van der Waals surface area contributed by atoms with Gasteiger partial charge in [0.2, 0.25) is 5.91 Å². The van der Waals surface area contributed by atoms with Crippen LogP contribution in [0.5, 0.6) is 0 Å². The van der Waals surface area contributed by atoms with Crippen LogP contribution in [0.2, 0.25) is 0 Å². The van der Waals surface area contributed by atoms with Crippen molar-refractivity contribution in [2.45, 2.75) is 75.2 Å². The highest BCUT2D eigenvalue weighted by Crippen LogP contribution is 2.56. The highest BCUT2D eigenvalue weighted by molar-refractivity contribution is 9.10. The Bertz CT molecular complexity index is 1040. The zero-order valence-electron chi connectivity index (χ0n) is 23.4. The molecule has 1 unspecified atom stereocenters. The normalized spacial score (nSPS) is 32.6. The average Bonchev–Trinajstić information content (AvgIpc) is 3.18. The third-order valence-electron chi connectivity index (χ3n) is 10.9. The third kappa shape index (κ3) is 4.91. The van der Waals surface area contributed by atoms with Crippen molar-refractivity contribution in [1.82, 2.24) is 20.0 Å². The van der Waals surface area contributed by atoms with Crippen molar-refractivity contribution >= 4 is 27.9 Å². The maximum atomic E-state index is 13.5. The molecule has 3 amide bonds. The number of hydrogen-bond donors (Lipinski definition) is 1. The summed E-state index contributed by atoms with van der Waals surface area (Å²) in [7, 11) is 6.02. The number of carbonyl (C=O) groups excluding carboxylic acids is 2. The first kappa shape index (κ1) is 26.6. The lowest BCUT2D eigenvalue weighted by molar-refractivity contribution is -0.130. The number of nitrogens with zero attached hydrogens (tertiary/aromatic N) is 3. The van der Waals surface area contributed by atoms with E-state index >= 15 is 0 Å². The highest BCUT2D eigenvalue weighted by Gasteiger charge is 2.50. The van der Waals surface area contributed by atoms with Crippen LogP contribution in [0.4, 0.5) is 4.79 Å². The Morgan fingerprint density at radius 1 is 1.00 bits per heavy atom. The summed E-state index contributed by atoms with van der Waals surface area (Å²) in [5.74, 6) is 3.73. The van der Waals surface area contributed by atoms with Gasteiger partial charge in [-0.15, -0.1) is 0 Å². The van der Waals surface area contributed by atoms with Gasteiger partial charge in [-0.2, -0.15) is 0 Å². The number of nitrogens with one attached hydrogen (secondary N) is 1. The minimum Gasteiger partial charge on any atom is -0.344 e. The number of rotatable bonds is 6. The zero-order chi connectivity index (χ0) is 26.6. The lowest BCUT2D eigenvalue weighted by atomic mass is 9.54. The Morgan fingerprint density at radius 3 is 2.29 bits per heavy atom. The lowest BCUT2D eigenvalue weighted by Crippen LogP contribution is -2.59. The molecule has 4 bridgehead atoms. The molecule has 208 valence electrons. The second-order valence-electron chi connectivity index (χ2n) is 13.6. The van der Waals surface area contributed by atoms with E-state index in [9.17, 15) is 9.59 Å². The summed E-state index contributed by atoms with van der Waals surface area (Å²) in [5, 5.41) is 3.53. The van der Waals surface area contributed by atoms with Crippen molar-refractivity contribution in [1.29, 1.82) is 0 Å². The molecule has 5 aliphatic carbocycles. The molecule has 1 aromatic rings. The molecule has 5 fully saturated rings. The first-order chi connectivity index (χ1) is 18.2. The molecule has 4 saturated carbocycles. The molecule has 1 N–H and O–H groups in total. The van der Waals surface area contributed by atoms with Crippen molar-refractivity contribution in [3.05, 3.63) is 33.8 Å². The first-order valence-electron chi connectivity index (χ1n) is 15.0. The van der Waals surface area contributed by atoms with Crippen LogP contribution in [0.3, 0.4) is 0 Å². The van der Waals surface area contributed by atoms with E-state index in [4.69, 9.17) is 0 Å². The molecular weight excluding hydrogens is 540 g/mol. The van der Waals surface area contributed by atoms with E-state index in [1.54, 1.807) is 0 Å². The van der Waals surface area contributed by atoms with Gasteiger partial charge in [-0.3, -0.25) is 4.79 Å². The van der Waals surface area contributed by atoms with E-state index in [1.165, 1.54) is 43.2 Å². The number of piperidine rings is 1. The minimum absolute atomic E-state index is 0.0436. The topological polar surface area (TPSA) is 55.9 Å². The number of hydrogen-bond acceptors (Lipinski definition) is 3. The van der Waals surface area contributed by atoms with Crippen LogP contribution in [0.15, 0.2) is 22.7 Å². The molecule has 0 aromatic heterocycles. The summed E-state index contributed by atoms with van der Waals surface area (Å²) in [6.07, 6.45) is 10.3. The second kappa shape index (κ2) is 10.4. The number of likely N-dealkylation sites (N-methyl/N-ethyl adjacent to an activating group) is 2. The lowest BCUT2D eigenvalue weighted by Gasteiger charge is -2.54. The monoisotopic (exact) mass is 584 g/mol. The maximum Gasteiger partial charge on any atom is 0.317 e. The van der Waals surface area contributed by atoms with Crippen molar-refractivity contribution < 1.29 is 9.59 Å². The van der Waals surface area contributed by atoms with Gasteiger partial charge in [0.15, 0.2) is 0 Å². The zero-order valence-corrected chi connectivity index (χ0v) is 25.0. The standard InChI is InChI=1S/C31H45BrN4O2/c1-34(2)11-12-35(3)27(37)18-24-19-31(28-25(24)5-4-6-26(28)32)7-9-36(10-8-31)30(38)33-29-22-14-20-13-21(16-22)17-23(29)15-20/h4-6,20-24,29H,7-19H2,1-3H3,(H,33,38). The van der Waals surface area contributed by atoms with Crippen molar-refractivity contribution in [3.8, 4) is 0 Å². The van der Waals surface area contributed by atoms with Gasteiger partial charge < -0.3 is 20.0 Å². The van der Waals surface area contributed by atoms with E-state index in [0.29, 0.717) is 24.3 Å². The molecule has 38 heavy (non-hydrogen) atoms. The largest absolute Gasteiger partial charge is 0.344 e. The van der Waals surface area contributed by atoms with E-state index in [1.807, 2.05) is 26.0 Å². The van der Waals surface area contributed by atoms with Gasteiger partial charge >= 0.3 is 6.03 Å². The molecule has 7 rings (SSSR count). The van der Waals surface area contributed by atoms with Gasteiger partial charge in [-0.1, -0.05) is 28.1 Å². The maximum absolute atomic E-state index is 13.5. The van der Waals surface area contributed by atoms with E-state index in [0.717, 1.165) is 61.8 Å². The number of urea groups is 1. The van der Waals surface area contributed by atoms with Crippen LogP contribution < -0.4 is 5.32 Å². The van der Waals surface area contributed by atoms with Crippen LogP contribution in [0.25, 0.3) is 0 Å². The van der Waals surface area contributed by atoms with Crippen LogP contribution in [0, 0.1) is 23.7 Å². The van der Waals surface area contributed by atoms with Gasteiger partial charge in [-0.05, 0) is 112 Å². The summed E-state index contributed by atoms with van der Waals surface area (Å²) in [4.78, 5) is 32.7. The molecule has 7 heteroatoms. The SMILES string of the molecule is CN(C)CCN(C)C(=O)CC1CC2(CCN(C(=O)NC3C4CC5CC(C4)CC3C5)CC2)c2c(Br)cccc21. The molecule has 1 saturated heterocycles. The Kier molecular flexibility index (Phi) is 7.30. The molecule has 0 radical (unpaired) electrons. The Labute approximate surface area is 237 Å². The Hall–Kier alpha value is -1.60. The summed E-state index contributed by atoms with van der Waals surface area (Å²) in [6.45, 7) is 3.22. The van der Waals surface area contributed by atoms with Crippen LogP contribution >= 0.6 is 15.9 Å². The van der Waals surface area contributed by atoms with Crippen LogP contribution in [-0.4, -0.2) is 80.0 Å². The van der Waals surface area contributed by atoms with E-state index < -0.39 is 0 Å². The molecule has 1 heterocycles. The van der Waals surface area contributed by atoms with E-state index in [-0.39, 0.29) is 23.3 Å². The fraction of sp³-hybridized carbons (Fsp3) is 0.742. The van der Waals surface area contributed by atoms with Crippen molar-refractivity contribution in [3.63, 3.8) is 0 Å². The van der Waals surface area contributed by atoms with Crippen LogP contribution in [-0.2, 0) is 10.2 Å². The number of benzene rings is 1. The number of likely N-dealkylation sites (tertiary alicyclic amines) is 1. The molecule has 1 aromatic carbocycles. The fourth-order valence-corrected chi connectivity index (χ4v) is 9.94. The Balaban J connectivity index is 1.10. The van der Waals surface area contributed by atoms with Crippen molar-refractivity contribution in [2.75, 3.05) is 47.3 Å². The molecule has 6 aliphatic rings. The van der Waals surface area contributed by atoms with Gasteiger partial charge in [0.25, 0.3) is 0 Å².